The number of aryl methyl sites for hydroxylation is 1. The minimum absolute atomic E-state index is 0.112. The zero-order valence-corrected chi connectivity index (χ0v) is 20.6. The SMILES string of the molecule is C=CCn1c(SCc2ccc(Cl)cc2Cl)nnc1[C@@H](NC(=O)c1ccc(C)cc1)C(C)C. The largest absolute Gasteiger partial charge is 0.342 e. The van der Waals surface area contributed by atoms with Gasteiger partial charge in [0, 0.05) is 27.9 Å². The van der Waals surface area contributed by atoms with E-state index in [-0.39, 0.29) is 17.9 Å². The van der Waals surface area contributed by atoms with Crippen molar-refractivity contribution in [3.05, 3.63) is 87.7 Å². The van der Waals surface area contributed by atoms with Gasteiger partial charge >= 0.3 is 0 Å². The third-order valence-electron chi connectivity index (χ3n) is 4.97. The van der Waals surface area contributed by atoms with E-state index in [1.54, 1.807) is 12.1 Å². The summed E-state index contributed by atoms with van der Waals surface area (Å²) in [5.74, 6) is 1.29. The molecule has 1 amide bonds. The summed E-state index contributed by atoms with van der Waals surface area (Å²) in [7, 11) is 0. The molecule has 168 valence electrons. The third-order valence-corrected chi connectivity index (χ3v) is 6.58. The summed E-state index contributed by atoms with van der Waals surface area (Å²) < 4.78 is 1.99. The lowest BCUT2D eigenvalue weighted by Gasteiger charge is -2.22. The fourth-order valence-corrected chi connectivity index (χ4v) is 4.69. The number of carbonyl (C=O) groups excluding carboxylic acids is 1. The molecule has 2 aromatic carbocycles. The van der Waals surface area contributed by atoms with Crippen molar-refractivity contribution >= 4 is 40.9 Å². The maximum absolute atomic E-state index is 12.9. The van der Waals surface area contributed by atoms with Gasteiger partial charge in [0.2, 0.25) is 0 Å². The van der Waals surface area contributed by atoms with Crippen LogP contribution in [0.25, 0.3) is 0 Å². The molecule has 0 radical (unpaired) electrons. The van der Waals surface area contributed by atoms with Gasteiger partial charge in [0.1, 0.15) is 0 Å². The smallest absolute Gasteiger partial charge is 0.251 e. The van der Waals surface area contributed by atoms with Crippen molar-refractivity contribution in [3.63, 3.8) is 0 Å². The quantitative estimate of drug-likeness (QED) is 0.275. The lowest BCUT2D eigenvalue weighted by atomic mass is 10.0. The van der Waals surface area contributed by atoms with E-state index >= 15 is 0 Å². The number of aromatic nitrogens is 3. The molecule has 1 atom stereocenters. The predicted molar refractivity (Wildman–Crippen MR) is 132 cm³/mol. The van der Waals surface area contributed by atoms with Crippen LogP contribution in [-0.4, -0.2) is 20.7 Å². The van der Waals surface area contributed by atoms with Crippen LogP contribution >= 0.6 is 35.0 Å². The van der Waals surface area contributed by atoms with Gasteiger partial charge in [-0.15, -0.1) is 16.8 Å². The molecule has 0 spiro atoms. The van der Waals surface area contributed by atoms with E-state index in [0.717, 1.165) is 16.3 Å². The van der Waals surface area contributed by atoms with Crippen molar-refractivity contribution in [2.24, 2.45) is 5.92 Å². The molecule has 1 heterocycles. The van der Waals surface area contributed by atoms with Gasteiger partial charge < -0.3 is 9.88 Å². The number of hydrogen-bond donors (Lipinski definition) is 1. The molecular weight excluding hydrogens is 463 g/mol. The molecule has 0 aliphatic rings. The molecule has 5 nitrogen and oxygen atoms in total. The molecule has 32 heavy (non-hydrogen) atoms. The van der Waals surface area contributed by atoms with E-state index in [1.807, 2.05) is 61.7 Å². The first-order valence-corrected chi connectivity index (χ1v) is 12.0. The Kier molecular flexibility index (Phi) is 8.40. The maximum Gasteiger partial charge on any atom is 0.251 e. The zero-order valence-electron chi connectivity index (χ0n) is 18.3. The van der Waals surface area contributed by atoms with E-state index in [9.17, 15) is 4.79 Å². The van der Waals surface area contributed by atoms with Crippen LogP contribution in [0, 0.1) is 12.8 Å². The van der Waals surface area contributed by atoms with Crippen LogP contribution in [0.15, 0.2) is 60.3 Å². The van der Waals surface area contributed by atoms with Gasteiger partial charge in [-0.3, -0.25) is 4.79 Å². The van der Waals surface area contributed by atoms with Crippen LogP contribution in [0.3, 0.4) is 0 Å². The van der Waals surface area contributed by atoms with Crippen molar-refractivity contribution in [2.75, 3.05) is 0 Å². The van der Waals surface area contributed by atoms with Crippen molar-refractivity contribution < 1.29 is 4.79 Å². The highest BCUT2D eigenvalue weighted by molar-refractivity contribution is 7.98. The van der Waals surface area contributed by atoms with Crippen molar-refractivity contribution in [2.45, 2.75) is 44.3 Å². The Morgan fingerprint density at radius 1 is 1.19 bits per heavy atom. The summed E-state index contributed by atoms with van der Waals surface area (Å²) in [4.78, 5) is 12.9. The standard InChI is InChI=1S/C24H26Cl2N4OS/c1-5-12-30-22(21(15(2)3)27-23(31)17-8-6-16(4)7-9-17)28-29-24(30)32-14-18-10-11-19(25)13-20(18)26/h5-11,13,15,21H,1,12,14H2,2-4H3,(H,27,31)/t21-/m0/s1. The second-order valence-electron chi connectivity index (χ2n) is 7.83. The molecule has 1 aromatic heterocycles. The number of halogens is 2. The molecule has 1 N–H and O–H groups in total. The molecule has 0 saturated heterocycles. The van der Waals surface area contributed by atoms with Gasteiger partial charge in [-0.25, -0.2) is 0 Å². The third kappa shape index (κ3) is 5.94. The first kappa shape index (κ1) is 24.4. The highest BCUT2D eigenvalue weighted by atomic mass is 35.5. The average Bonchev–Trinajstić information content (AvgIpc) is 3.14. The topological polar surface area (TPSA) is 59.8 Å². The van der Waals surface area contributed by atoms with Gasteiger partial charge in [0.05, 0.1) is 6.04 Å². The lowest BCUT2D eigenvalue weighted by molar-refractivity contribution is 0.0922. The Bertz CT molecular complexity index is 1100. The number of allylic oxidation sites excluding steroid dienone is 1. The van der Waals surface area contributed by atoms with E-state index in [1.165, 1.54) is 11.8 Å². The van der Waals surface area contributed by atoms with Gasteiger partial charge in [-0.05, 0) is 42.7 Å². The molecule has 0 fully saturated rings. The monoisotopic (exact) mass is 488 g/mol. The second-order valence-corrected chi connectivity index (χ2v) is 9.61. The van der Waals surface area contributed by atoms with Crippen molar-refractivity contribution in [1.29, 1.82) is 0 Å². The first-order chi connectivity index (χ1) is 15.3. The zero-order chi connectivity index (χ0) is 23.3. The van der Waals surface area contributed by atoms with Gasteiger partial charge in [-0.2, -0.15) is 0 Å². The van der Waals surface area contributed by atoms with Crippen molar-refractivity contribution in [3.8, 4) is 0 Å². The molecule has 3 aromatic rings. The summed E-state index contributed by atoms with van der Waals surface area (Å²) in [6.07, 6.45) is 1.80. The van der Waals surface area contributed by atoms with Gasteiger partial charge in [-0.1, -0.05) is 78.6 Å². The van der Waals surface area contributed by atoms with Gasteiger partial charge in [0.15, 0.2) is 11.0 Å². The number of thioether (sulfide) groups is 1. The summed E-state index contributed by atoms with van der Waals surface area (Å²) in [5.41, 5.74) is 2.68. The maximum atomic E-state index is 12.9. The summed E-state index contributed by atoms with van der Waals surface area (Å²) in [6, 6.07) is 12.7. The normalized spacial score (nSPS) is 12.1. The van der Waals surface area contributed by atoms with Crippen LogP contribution in [0.1, 0.15) is 47.2 Å². The number of rotatable bonds is 9. The van der Waals surface area contributed by atoms with E-state index in [2.05, 4.69) is 22.1 Å². The van der Waals surface area contributed by atoms with Crippen LogP contribution in [-0.2, 0) is 12.3 Å². The fraction of sp³-hybridized carbons (Fsp3) is 0.292. The van der Waals surface area contributed by atoms with Crippen molar-refractivity contribution in [1.82, 2.24) is 20.1 Å². The molecule has 0 bridgehead atoms. The highest BCUT2D eigenvalue weighted by Crippen LogP contribution is 2.30. The Morgan fingerprint density at radius 3 is 2.53 bits per heavy atom. The number of hydrogen-bond acceptors (Lipinski definition) is 4. The first-order valence-electron chi connectivity index (χ1n) is 10.3. The summed E-state index contributed by atoms with van der Waals surface area (Å²) in [6.45, 7) is 10.5. The Hall–Kier alpha value is -2.28. The van der Waals surface area contributed by atoms with Gasteiger partial charge in [0.25, 0.3) is 5.91 Å². The van der Waals surface area contributed by atoms with Crippen LogP contribution < -0.4 is 5.32 Å². The summed E-state index contributed by atoms with van der Waals surface area (Å²) >= 11 is 13.8. The predicted octanol–water partition coefficient (Wildman–Crippen LogP) is 6.50. The fourth-order valence-electron chi connectivity index (χ4n) is 3.18. The lowest BCUT2D eigenvalue weighted by Crippen LogP contribution is -2.33. The molecule has 0 aliphatic carbocycles. The van der Waals surface area contributed by atoms with Crippen LogP contribution in [0.4, 0.5) is 0 Å². The minimum atomic E-state index is -0.301. The van der Waals surface area contributed by atoms with Crippen LogP contribution in [0.2, 0.25) is 10.0 Å². The molecule has 8 heteroatoms. The number of nitrogens with zero attached hydrogens (tertiary/aromatic N) is 3. The molecule has 3 rings (SSSR count). The number of benzene rings is 2. The molecule has 0 saturated carbocycles. The highest BCUT2D eigenvalue weighted by Gasteiger charge is 2.26. The Labute approximate surface area is 203 Å². The minimum Gasteiger partial charge on any atom is -0.342 e. The number of carbonyl (C=O) groups is 1. The van der Waals surface area contributed by atoms with E-state index < -0.39 is 0 Å². The van der Waals surface area contributed by atoms with E-state index in [4.69, 9.17) is 23.2 Å². The van der Waals surface area contributed by atoms with E-state index in [0.29, 0.717) is 33.7 Å². The number of amides is 1. The molecular formula is C24H26Cl2N4OS. The molecule has 0 unspecified atom stereocenters. The average molecular weight is 489 g/mol. The summed E-state index contributed by atoms with van der Waals surface area (Å²) in [5, 5.41) is 13.9. The second kappa shape index (κ2) is 11.0. The Morgan fingerprint density at radius 2 is 1.91 bits per heavy atom. The molecule has 0 aliphatic heterocycles. The van der Waals surface area contributed by atoms with Crippen LogP contribution in [0.5, 0.6) is 0 Å². The number of nitrogens with one attached hydrogen (secondary N) is 1. The Balaban J connectivity index is 1.83.